The summed E-state index contributed by atoms with van der Waals surface area (Å²) >= 11 is 0. The summed E-state index contributed by atoms with van der Waals surface area (Å²) in [7, 11) is 0. The van der Waals surface area contributed by atoms with Crippen molar-refractivity contribution in [3.63, 3.8) is 0 Å². The molecule has 0 aromatic rings. The molecule has 0 aromatic heterocycles. The number of rotatable bonds is 0. The van der Waals surface area contributed by atoms with Gasteiger partial charge in [-0.1, -0.05) is 45.8 Å². The second-order valence-electron chi connectivity index (χ2n) is 10.4. The van der Waals surface area contributed by atoms with E-state index >= 15 is 0 Å². The quantitative estimate of drug-likeness (QED) is 0.634. The molecule has 4 aliphatic rings. The average molecular weight is 330 g/mol. The maximum Gasteiger partial charge on any atom is 0.138 e. The highest BCUT2D eigenvalue weighted by molar-refractivity contribution is 5.85. The molecule has 0 saturated heterocycles. The summed E-state index contributed by atoms with van der Waals surface area (Å²) in [6.45, 7) is 11.7. The lowest BCUT2D eigenvalue weighted by molar-refractivity contribution is -0.139. The monoisotopic (exact) mass is 329 g/mol. The van der Waals surface area contributed by atoms with E-state index in [0.29, 0.717) is 17.6 Å². The first-order chi connectivity index (χ1) is 11.1. The minimum absolute atomic E-state index is 0.00493. The summed E-state index contributed by atoms with van der Waals surface area (Å²) in [6, 6.07) is 0. The molecule has 5 atom stereocenters. The van der Waals surface area contributed by atoms with Gasteiger partial charge in [0.25, 0.3) is 0 Å². The third-order valence-corrected chi connectivity index (χ3v) is 9.41. The van der Waals surface area contributed by atoms with Crippen molar-refractivity contribution in [3.05, 3.63) is 11.1 Å². The number of fused-ring (bicyclic) bond motifs is 4. The van der Waals surface area contributed by atoms with E-state index < -0.39 is 0 Å². The summed E-state index contributed by atoms with van der Waals surface area (Å²) in [4.78, 5) is 12.6. The van der Waals surface area contributed by atoms with Gasteiger partial charge in [-0.25, -0.2) is 0 Å². The van der Waals surface area contributed by atoms with E-state index in [1.807, 2.05) is 0 Å². The van der Waals surface area contributed by atoms with Gasteiger partial charge in [-0.2, -0.15) is 0 Å². The lowest BCUT2D eigenvalue weighted by Gasteiger charge is -2.60. The zero-order valence-corrected chi connectivity index (χ0v) is 16.3. The molecule has 0 bridgehead atoms. The van der Waals surface area contributed by atoms with E-state index in [-0.39, 0.29) is 21.8 Å². The smallest absolute Gasteiger partial charge is 0.138 e. The Morgan fingerprint density at radius 3 is 2.33 bits per heavy atom. The van der Waals surface area contributed by atoms with Crippen molar-refractivity contribution in [1.29, 1.82) is 0 Å². The zero-order valence-electron chi connectivity index (χ0n) is 16.3. The first-order valence-electron chi connectivity index (χ1n) is 10.1. The Balaban J connectivity index is 1.84. The minimum Gasteiger partial charge on any atom is -0.324 e. The molecular formula is C22H35NO. The van der Waals surface area contributed by atoms with E-state index in [9.17, 15) is 4.79 Å². The molecule has 0 heterocycles. The topological polar surface area (TPSA) is 43.1 Å². The van der Waals surface area contributed by atoms with Crippen LogP contribution in [0.2, 0.25) is 0 Å². The fourth-order valence-corrected chi connectivity index (χ4v) is 7.56. The van der Waals surface area contributed by atoms with Crippen molar-refractivity contribution in [3.8, 4) is 0 Å². The van der Waals surface area contributed by atoms with Gasteiger partial charge < -0.3 is 5.73 Å². The predicted molar refractivity (Wildman–Crippen MR) is 98.5 cm³/mol. The van der Waals surface area contributed by atoms with E-state index in [1.165, 1.54) is 32.1 Å². The zero-order chi connectivity index (χ0) is 17.5. The highest BCUT2D eigenvalue weighted by Gasteiger charge is 2.62. The molecule has 4 rings (SSSR count). The van der Waals surface area contributed by atoms with Crippen molar-refractivity contribution < 1.29 is 4.79 Å². The fourth-order valence-electron chi connectivity index (χ4n) is 7.56. The normalized spacial score (nSPS) is 50.3. The largest absolute Gasteiger partial charge is 0.324 e. The molecule has 0 spiro atoms. The van der Waals surface area contributed by atoms with Crippen molar-refractivity contribution >= 4 is 5.78 Å². The maximum atomic E-state index is 12.6. The minimum atomic E-state index is -0.160. The Bertz CT molecular complexity index is 632. The Kier molecular flexibility index (Phi) is 3.33. The van der Waals surface area contributed by atoms with Gasteiger partial charge in [0, 0.05) is 22.8 Å². The standard InChI is InChI=1S/C22H35NO/c1-14-8-12-21(5)16-6-7-17-19(2,3)18(24)10-11-20(17,4)15(16)9-13-22(14,21)23/h14,17H,6-13,23H2,1-5H3/t14-,17?,20-,21-,22-/m1/s1. The number of carbonyl (C=O) groups excluding carboxylic acids is 1. The molecule has 0 amide bonds. The van der Waals surface area contributed by atoms with Gasteiger partial charge in [0.05, 0.1) is 0 Å². The molecular weight excluding hydrogens is 294 g/mol. The fraction of sp³-hybridized carbons (Fsp3) is 0.864. The number of ketones is 1. The van der Waals surface area contributed by atoms with Crippen LogP contribution in [0.1, 0.15) is 86.0 Å². The van der Waals surface area contributed by atoms with Crippen molar-refractivity contribution in [1.82, 2.24) is 0 Å². The van der Waals surface area contributed by atoms with Crippen LogP contribution in [0.15, 0.2) is 11.1 Å². The van der Waals surface area contributed by atoms with E-state index in [4.69, 9.17) is 5.73 Å². The molecule has 24 heavy (non-hydrogen) atoms. The molecule has 2 fully saturated rings. The van der Waals surface area contributed by atoms with Crippen molar-refractivity contribution in [2.45, 2.75) is 91.5 Å². The number of hydrogen-bond donors (Lipinski definition) is 1. The van der Waals surface area contributed by atoms with Crippen LogP contribution in [0.5, 0.6) is 0 Å². The highest BCUT2D eigenvalue weighted by atomic mass is 16.1. The van der Waals surface area contributed by atoms with E-state index in [0.717, 1.165) is 19.3 Å². The molecule has 1 unspecified atom stereocenters. The molecule has 134 valence electrons. The van der Waals surface area contributed by atoms with Crippen LogP contribution in [0.4, 0.5) is 0 Å². The summed E-state index contributed by atoms with van der Waals surface area (Å²) in [5.74, 6) is 1.63. The Labute approximate surface area is 147 Å². The molecule has 4 aliphatic carbocycles. The molecule has 2 N–H and O–H groups in total. The van der Waals surface area contributed by atoms with Gasteiger partial charge in [-0.05, 0) is 62.2 Å². The number of carbonyl (C=O) groups is 1. The van der Waals surface area contributed by atoms with Crippen LogP contribution in [0, 0.1) is 28.1 Å². The molecule has 2 heteroatoms. The lowest BCUT2D eigenvalue weighted by Crippen LogP contribution is -2.60. The number of nitrogens with two attached hydrogens (primary N) is 1. The third-order valence-electron chi connectivity index (χ3n) is 9.41. The SMILES string of the molecule is C[C@@H]1CC[C@]2(C)C3=C(CC[C@@]12N)[C@@]1(C)CCC(=O)C(C)(C)C1CC3. The Morgan fingerprint density at radius 2 is 1.62 bits per heavy atom. The second-order valence-corrected chi connectivity index (χ2v) is 10.4. The van der Waals surface area contributed by atoms with Gasteiger partial charge in [0.1, 0.15) is 5.78 Å². The van der Waals surface area contributed by atoms with E-state index in [2.05, 4.69) is 34.6 Å². The maximum absolute atomic E-state index is 12.6. The second kappa shape index (κ2) is 4.75. The number of Topliss-reactive ketones (excluding diaryl/α,β-unsaturated/α-hetero) is 1. The van der Waals surface area contributed by atoms with Crippen LogP contribution >= 0.6 is 0 Å². The first-order valence-corrected chi connectivity index (χ1v) is 10.1. The Morgan fingerprint density at radius 1 is 0.917 bits per heavy atom. The van der Waals surface area contributed by atoms with Gasteiger partial charge in [0.2, 0.25) is 0 Å². The molecule has 0 aromatic carbocycles. The van der Waals surface area contributed by atoms with Crippen molar-refractivity contribution in [2.24, 2.45) is 33.8 Å². The van der Waals surface area contributed by atoms with Gasteiger partial charge in [-0.3, -0.25) is 4.79 Å². The number of allylic oxidation sites excluding steroid dienone is 1. The average Bonchev–Trinajstić information content (AvgIpc) is 2.76. The van der Waals surface area contributed by atoms with Crippen LogP contribution in [-0.4, -0.2) is 11.3 Å². The summed E-state index contributed by atoms with van der Waals surface area (Å²) in [5, 5.41) is 0. The van der Waals surface area contributed by atoms with Gasteiger partial charge in [0.15, 0.2) is 0 Å². The lowest BCUT2D eigenvalue weighted by atomic mass is 9.45. The summed E-state index contributed by atoms with van der Waals surface area (Å²) in [6.07, 6.45) is 9.01. The molecule has 2 saturated carbocycles. The molecule has 0 aliphatic heterocycles. The highest BCUT2D eigenvalue weighted by Crippen LogP contribution is 2.67. The third kappa shape index (κ3) is 1.74. The van der Waals surface area contributed by atoms with Crippen LogP contribution in [0.25, 0.3) is 0 Å². The predicted octanol–water partition coefficient (Wildman–Crippen LogP) is 5.02. The van der Waals surface area contributed by atoms with Crippen LogP contribution < -0.4 is 5.73 Å². The first kappa shape index (κ1) is 16.8. The van der Waals surface area contributed by atoms with Gasteiger partial charge in [-0.15, -0.1) is 0 Å². The number of hydrogen-bond acceptors (Lipinski definition) is 2. The van der Waals surface area contributed by atoms with E-state index in [1.54, 1.807) is 11.1 Å². The molecule has 2 nitrogen and oxygen atoms in total. The Hall–Kier alpha value is -0.630. The van der Waals surface area contributed by atoms with Crippen molar-refractivity contribution in [2.75, 3.05) is 0 Å². The summed E-state index contributed by atoms with van der Waals surface area (Å²) in [5.41, 5.74) is 10.7. The summed E-state index contributed by atoms with van der Waals surface area (Å²) < 4.78 is 0. The van der Waals surface area contributed by atoms with Crippen LogP contribution in [0.3, 0.4) is 0 Å². The van der Waals surface area contributed by atoms with Gasteiger partial charge >= 0.3 is 0 Å². The molecule has 0 radical (unpaired) electrons. The van der Waals surface area contributed by atoms with Crippen LogP contribution in [-0.2, 0) is 4.79 Å².